The minimum Gasteiger partial charge on any atom is -0.379 e. The van der Waals surface area contributed by atoms with Crippen molar-refractivity contribution in [3.05, 3.63) is 48.0 Å². The molecule has 0 spiro atoms. The zero-order valence-corrected chi connectivity index (χ0v) is 10.4. The smallest absolute Gasteiger partial charge is 0.0608 e. The molecular formula is C15H18N2O. The molecule has 1 saturated heterocycles. The summed E-state index contributed by atoms with van der Waals surface area (Å²) in [5.74, 6) is 0. The Hall–Kier alpha value is -1.42. The first kappa shape index (κ1) is 11.7. The van der Waals surface area contributed by atoms with Crippen LogP contribution in [0.25, 0.3) is 10.8 Å². The fourth-order valence-corrected chi connectivity index (χ4v) is 2.27. The molecule has 2 aromatic carbocycles. The molecule has 0 atom stereocenters. The lowest BCUT2D eigenvalue weighted by Crippen LogP contribution is -2.45. The Labute approximate surface area is 107 Å². The van der Waals surface area contributed by atoms with Crippen LogP contribution < -0.4 is 5.43 Å². The summed E-state index contributed by atoms with van der Waals surface area (Å²) >= 11 is 0. The molecule has 3 heteroatoms. The zero-order valence-electron chi connectivity index (χ0n) is 10.4. The van der Waals surface area contributed by atoms with E-state index in [9.17, 15) is 0 Å². The van der Waals surface area contributed by atoms with Crippen LogP contribution in [0.3, 0.4) is 0 Å². The molecule has 0 saturated carbocycles. The first-order valence-corrected chi connectivity index (χ1v) is 6.46. The van der Waals surface area contributed by atoms with Crippen molar-refractivity contribution >= 4 is 10.8 Å². The SMILES string of the molecule is c1ccc2cc(CNN3CCOCC3)ccc2c1. The molecule has 1 aliphatic heterocycles. The Morgan fingerprint density at radius 2 is 1.78 bits per heavy atom. The molecule has 0 amide bonds. The zero-order chi connectivity index (χ0) is 12.2. The van der Waals surface area contributed by atoms with Crippen LogP contribution in [0.15, 0.2) is 42.5 Å². The van der Waals surface area contributed by atoms with Gasteiger partial charge >= 0.3 is 0 Å². The summed E-state index contributed by atoms with van der Waals surface area (Å²) < 4.78 is 5.33. The molecule has 94 valence electrons. The lowest BCUT2D eigenvalue weighted by atomic mass is 10.1. The molecule has 3 nitrogen and oxygen atoms in total. The number of benzene rings is 2. The van der Waals surface area contributed by atoms with E-state index in [2.05, 4.69) is 52.9 Å². The highest BCUT2D eigenvalue weighted by Gasteiger charge is 2.09. The normalized spacial score (nSPS) is 17.1. The average Bonchev–Trinajstić information content (AvgIpc) is 2.46. The van der Waals surface area contributed by atoms with E-state index in [0.717, 1.165) is 32.8 Å². The number of nitrogens with one attached hydrogen (secondary N) is 1. The van der Waals surface area contributed by atoms with Crippen LogP contribution in [0.1, 0.15) is 5.56 Å². The van der Waals surface area contributed by atoms with Crippen LogP contribution in [0, 0.1) is 0 Å². The quantitative estimate of drug-likeness (QED) is 0.892. The highest BCUT2D eigenvalue weighted by Crippen LogP contribution is 2.15. The maximum atomic E-state index is 5.33. The summed E-state index contributed by atoms with van der Waals surface area (Å²) in [4.78, 5) is 0. The van der Waals surface area contributed by atoms with E-state index in [0.29, 0.717) is 0 Å². The molecular weight excluding hydrogens is 224 g/mol. The minimum absolute atomic E-state index is 0.824. The van der Waals surface area contributed by atoms with Crippen LogP contribution in [-0.4, -0.2) is 31.3 Å². The molecule has 0 radical (unpaired) electrons. The summed E-state index contributed by atoms with van der Waals surface area (Å²) in [5.41, 5.74) is 4.78. The minimum atomic E-state index is 0.824. The predicted octanol–water partition coefficient (Wildman–Crippen LogP) is 2.18. The number of hydrogen-bond donors (Lipinski definition) is 1. The number of rotatable bonds is 3. The van der Waals surface area contributed by atoms with Crippen LogP contribution in [0.5, 0.6) is 0 Å². The number of morpholine rings is 1. The van der Waals surface area contributed by atoms with Crippen molar-refractivity contribution in [2.24, 2.45) is 0 Å². The molecule has 1 heterocycles. The molecule has 2 aromatic rings. The molecule has 3 rings (SSSR count). The highest BCUT2D eigenvalue weighted by atomic mass is 16.5. The van der Waals surface area contributed by atoms with E-state index < -0.39 is 0 Å². The monoisotopic (exact) mass is 242 g/mol. The second-order valence-electron chi connectivity index (χ2n) is 4.62. The Balaban J connectivity index is 1.66. The lowest BCUT2D eigenvalue weighted by Gasteiger charge is -2.27. The van der Waals surface area contributed by atoms with E-state index >= 15 is 0 Å². The standard InChI is InChI=1S/C15H18N2O/c1-2-4-15-11-13(5-6-14(15)3-1)12-16-17-7-9-18-10-8-17/h1-6,11,16H,7-10,12H2. The van der Waals surface area contributed by atoms with Gasteiger partial charge in [0.15, 0.2) is 0 Å². The van der Waals surface area contributed by atoms with Crippen LogP contribution >= 0.6 is 0 Å². The molecule has 1 fully saturated rings. The van der Waals surface area contributed by atoms with Gasteiger partial charge in [0.2, 0.25) is 0 Å². The first-order chi connectivity index (χ1) is 8.92. The predicted molar refractivity (Wildman–Crippen MR) is 73.2 cm³/mol. The van der Waals surface area contributed by atoms with E-state index in [4.69, 9.17) is 4.74 Å². The van der Waals surface area contributed by atoms with Crippen molar-refractivity contribution in [3.63, 3.8) is 0 Å². The van der Waals surface area contributed by atoms with E-state index in [1.165, 1.54) is 16.3 Å². The van der Waals surface area contributed by atoms with E-state index in [1.807, 2.05) is 0 Å². The number of ether oxygens (including phenoxy) is 1. The van der Waals surface area contributed by atoms with Gasteiger partial charge < -0.3 is 4.74 Å². The highest BCUT2D eigenvalue weighted by molar-refractivity contribution is 5.82. The number of nitrogens with zero attached hydrogens (tertiary/aromatic N) is 1. The summed E-state index contributed by atoms with van der Waals surface area (Å²) in [6.07, 6.45) is 0. The van der Waals surface area contributed by atoms with Crippen molar-refractivity contribution in [1.82, 2.24) is 10.4 Å². The number of hydrogen-bond acceptors (Lipinski definition) is 3. The fourth-order valence-electron chi connectivity index (χ4n) is 2.27. The maximum absolute atomic E-state index is 5.33. The third kappa shape index (κ3) is 2.70. The molecule has 0 aliphatic carbocycles. The third-order valence-electron chi connectivity index (χ3n) is 3.33. The van der Waals surface area contributed by atoms with Crippen molar-refractivity contribution in [2.45, 2.75) is 6.54 Å². The summed E-state index contributed by atoms with van der Waals surface area (Å²) in [5, 5.41) is 4.84. The van der Waals surface area contributed by atoms with Crippen LogP contribution in [0.2, 0.25) is 0 Å². The first-order valence-electron chi connectivity index (χ1n) is 6.46. The Morgan fingerprint density at radius 3 is 2.61 bits per heavy atom. The topological polar surface area (TPSA) is 24.5 Å². The van der Waals surface area contributed by atoms with Gasteiger partial charge in [0.05, 0.1) is 13.2 Å². The summed E-state index contributed by atoms with van der Waals surface area (Å²) in [6.45, 7) is 4.46. The fraction of sp³-hybridized carbons (Fsp3) is 0.333. The van der Waals surface area contributed by atoms with Gasteiger partial charge in [0.1, 0.15) is 0 Å². The molecule has 0 unspecified atom stereocenters. The van der Waals surface area contributed by atoms with E-state index in [-0.39, 0.29) is 0 Å². The van der Waals surface area contributed by atoms with Crippen molar-refractivity contribution in [1.29, 1.82) is 0 Å². The molecule has 0 aromatic heterocycles. The second kappa shape index (κ2) is 5.48. The maximum Gasteiger partial charge on any atom is 0.0608 e. The summed E-state index contributed by atoms with van der Waals surface area (Å²) in [7, 11) is 0. The van der Waals surface area contributed by atoms with Gasteiger partial charge in [-0.25, -0.2) is 5.01 Å². The molecule has 1 aliphatic rings. The van der Waals surface area contributed by atoms with Gasteiger partial charge in [-0.15, -0.1) is 0 Å². The third-order valence-corrected chi connectivity index (χ3v) is 3.33. The van der Waals surface area contributed by atoms with Gasteiger partial charge in [0.25, 0.3) is 0 Å². The Morgan fingerprint density at radius 1 is 1.00 bits per heavy atom. The van der Waals surface area contributed by atoms with Gasteiger partial charge in [0, 0.05) is 19.6 Å². The van der Waals surface area contributed by atoms with Gasteiger partial charge in [-0.1, -0.05) is 36.4 Å². The van der Waals surface area contributed by atoms with Crippen molar-refractivity contribution < 1.29 is 4.74 Å². The Bertz CT molecular complexity index is 521. The van der Waals surface area contributed by atoms with Crippen molar-refractivity contribution in [2.75, 3.05) is 26.3 Å². The molecule has 0 bridgehead atoms. The van der Waals surface area contributed by atoms with Gasteiger partial charge in [-0.2, -0.15) is 0 Å². The Kier molecular flexibility index (Phi) is 3.55. The number of hydrazine groups is 1. The average molecular weight is 242 g/mol. The molecule has 18 heavy (non-hydrogen) atoms. The lowest BCUT2D eigenvalue weighted by molar-refractivity contribution is 0.0106. The largest absolute Gasteiger partial charge is 0.379 e. The van der Waals surface area contributed by atoms with Gasteiger partial charge in [-0.05, 0) is 22.4 Å². The summed E-state index contributed by atoms with van der Waals surface area (Å²) in [6, 6.07) is 15.1. The van der Waals surface area contributed by atoms with Crippen molar-refractivity contribution in [3.8, 4) is 0 Å². The van der Waals surface area contributed by atoms with Crippen LogP contribution in [-0.2, 0) is 11.3 Å². The second-order valence-corrected chi connectivity index (χ2v) is 4.62. The number of fused-ring (bicyclic) bond motifs is 1. The van der Waals surface area contributed by atoms with Crippen LogP contribution in [0.4, 0.5) is 0 Å². The molecule has 1 N–H and O–H groups in total. The van der Waals surface area contributed by atoms with Gasteiger partial charge in [-0.3, -0.25) is 5.43 Å². The van der Waals surface area contributed by atoms with E-state index in [1.54, 1.807) is 0 Å².